The minimum absolute atomic E-state index is 0.155. The van der Waals surface area contributed by atoms with Crippen molar-refractivity contribution in [1.29, 1.82) is 0 Å². The number of hydrogen-bond acceptors (Lipinski definition) is 3. The van der Waals surface area contributed by atoms with Gasteiger partial charge in [0.05, 0.1) is 0 Å². The summed E-state index contributed by atoms with van der Waals surface area (Å²) in [5, 5.41) is 3.14. The molecule has 3 N–H and O–H groups in total. The molecule has 22 heavy (non-hydrogen) atoms. The predicted octanol–water partition coefficient (Wildman–Crippen LogP) is 2.16. The van der Waals surface area contributed by atoms with E-state index in [9.17, 15) is 4.79 Å². The molecular formula is C18H27N3O. The van der Waals surface area contributed by atoms with Crippen LogP contribution >= 0.6 is 0 Å². The number of nitrogens with zero attached hydrogens (tertiary/aromatic N) is 1. The first kappa shape index (κ1) is 15.5. The summed E-state index contributed by atoms with van der Waals surface area (Å²) in [6, 6.07) is 4.45. The highest BCUT2D eigenvalue weighted by molar-refractivity contribution is 5.79. The Hall–Kier alpha value is -1.42. The lowest BCUT2D eigenvalue weighted by atomic mass is 9.72. The van der Waals surface area contributed by atoms with E-state index in [1.165, 1.54) is 0 Å². The molecule has 1 heterocycles. The smallest absolute Gasteiger partial charge is 0.223 e. The second kappa shape index (κ2) is 5.65. The molecule has 2 aliphatic carbocycles. The number of nitrogens with two attached hydrogens (primary N) is 1. The number of pyridine rings is 1. The topological polar surface area (TPSA) is 68.0 Å². The molecule has 4 nitrogen and oxygen atoms in total. The van der Waals surface area contributed by atoms with E-state index in [4.69, 9.17) is 5.73 Å². The van der Waals surface area contributed by atoms with E-state index in [2.05, 4.69) is 36.3 Å². The first-order valence-corrected chi connectivity index (χ1v) is 8.33. The molecule has 120 valence electrons. The molecule has 2 fully saturated rings. The first-order valence-electron chi connectivity index (χ1n) is 8.33. The highest BCUT2D eigenvalue weighted by Crippen LogP contribution is 2.48. The van der Waals surface area contributed by atoms with Gasteiger partial charge < -0.3 is 11.1 Å². The van der Waals surface area contributed by atoms with Gasteiger partial charge in [-0.2, -0.15) is 0 Å². The van der Waals surface area contributed by atoms with Crippen LogP contribution in [-0.2, 0) is 10.2 Å². The van der Waals surface area contributed by atoms with Crippen LogP contribution in [0.4, 0.5) is 0 Å². The van der Waals surface area contributed by atoms with E-state index in [0.717, 1.165) is 30.5 Å². The van der Waals surface area contributed by atoms with Crippen molar-refractivity contribution in [2.75, 3.05) is 6.54 Å². The molecule has 2 saturated carbocycles. The molecule has 0 saturated heterocycles. The van der Waals surface area contributed by atoms with Gasteiger partial charge in [0.15, 0.2) is 0 Å². The number of carbonyl (C=O) groups is 1. The Kier molecular flexibility index (Phi) is 3.98. The van der Waals surface area contributed by atoms with Crippen molar-refractivity contribution < 1.29 is 4.79 Å². The lowest BCUT2D eigenvalue weighted by Crippen LogP contribution is -2.44. The van der Waals surface area contributed by atoms with Gasteiger partial charge in [0, 0.05) is 35.8 Å². The molecule has 0 bridgehead atoms. The van der Waals surface area contributed by atoms with Gasteiger partial charge in [-0.3, -0.25) is 9.78 Å². The van der Waals surface area contributed by atoms with E-state index >= 15 is 0 Å². The van der Waals surface area contributed by atoms with E-state index in [1.54, 1.807) is 0 Å². The van der Waals surface area contributed by atoms with Gasteiger partial charge in [-0.25, -0.2) is 0 Å². The summed E-state index contributed by atoms with van der Waals surface area (Å²) in [6.07, 6.45) is 4.98. The summed E-state index contributed by atoms with van der Waals surface area (Å²) >= 11 is 0. The molecule has 4 heteroatoms. The molecule has 1 aromatic rings. The first-order chi connectivity index (χ1) is 10.4. The van der Waals surface area contributed by atoms with Crippen molar-refractivity contribution in [3.63, 3.8) is 0 Å². The molecule has 0 aliphatic heterocycles. The van der Waals surface area contributed by atoms with Crippen LogP contribution in [0.1, 0.15) is 44.4 Å². The zero-order valence-electron chi connectivity index (χ0n) is 13.8. The van der Waals surface area contributed by atoms with Crippen molar-refractivity contribution in [2.45, 2.75) is 51.5 Å². The number of aryl methyl sites for hydroxylation is 1. The summed E-state index contributed by atoms with van der Waals surface area (Å²) in [6.45, 7) is 6.91. The molecule has 1 amide bonds. The molecule has 3 rings (SSSR count). The number of rotatable bonds is 4. The van der Waals surface area contributed by atoms with Crippen molar-refractivity contribution >= 4 is 5.91 Å². The van der Waals surface area contributed by atoms with Crippen molar-refractivity contribution in [3.05, 3.63) is 29.6 Å². The summed E-state index contributed by atoms with van der Waals surface area (Å²) < 4.78 is 0. The zero-order chi connectivity index (χ0) is 15.9. The minimum atomic E-state index is -0.155. The molecule has 0 radical (unpaired) electrons. The largest absolute Gasteiger partial charge is 0.355 e. The third-order valence-corrected chi connectivity index (χ3v) is 5.55. The fourth-order valence-corrected chi connectivity index (χ4v) is 3.91. The van der Waals surface area contributed by atoms with Gasteiger partial charge in [-0.05, 0) is 49.7 Å². The Morgan fingerprint density at radius 2 is 2.14 bits per heavy atom. The summed E-state index contributed by atoms with van der Waals surface area (Å²) in [5.41, 5.74) is 8.04. The van der Waals surface area contributed by atoms with Gasteiger partial charge in [-0.15, -0.1) is 0 Å². The van der Waals surface area contributed by atoms with E-state index in [0.29, 0.717) is 24.4 Å². The van der Waals surface area contributed by atoms with Crippen LogP contribution in [0.3, 0.4) is 0 Å². The van der Waals surface area contributed by atoms with Gasteiger partial charge in [0.1, 0.15) is 0 Å². The van der Waals surface area contributed by atoms with Crippen molar-refractivity contribution in [3.8, 4) is 0 Å². The Labute approximate surface area is 132 Å². The van der Waals surface area contributed by atoms with Gasteiger partial charge in [0.25, 0.3) is 0 Å². The average molecular weight is 301 g/mol. The normalized spacial score (nSPS) is 30.5. The zero-order valence-corrected chi connectivity index (χ0v) is 13.8. The Morgan fingerprint density at radius 3 is 2.73 bits per heavy atom. The van der Waals surface area contributed by atoms with E-state index < -0.39 is 0 Å². The number of aromatic nitrogens is 1. The fraction of sp³-hybridized carbons (Fsp3) is 0.667. The highest BCUT2D eigenvalue weighted by Gasteiger charge is 2.47. The van der Waals surface area contributed by atoms with Crippen molar-refractivity contribution in [1.82, 2.24) is 10.3 Å². The maximum absolute atomic E-state index is 12.4. The predicted molar refractivity (Wildman–Crippen MR) is 87.3 cm³/mol. The summed E-state index contributed by atoms with van der Waals surface area (Å²) in [5.74, 6) is 1.63. The van der Waals surface area contributed by atoms with Crippen LogP contribution < -0.4 is 11.1 Å². The second-order valence-electron chi connectivity index (χ2n) is 7.81. The second-order valence-corrected chi connectivity index (χ2v) is 7.81. The number of amides is 1. The van der Waals surface area contributed by atoms with Crippen LogP contribution in [0, 0.1) is 24.7 Å². The molecule has 1 unspecified atom stereocenters. The fourth-order valence-electron chi connectivity index (χ4n) is 3.91. The molecule has 4 atom stereocenters. The van der Waals surface area contributed by atoms with Crippen LogP contribution in [0.2, 0.25) is 0 Å². The standard InChI is InChI=1S/C18H27N3O/c1-11-4-5-16(20-9-11)18(2,3)10-21-17(22)13-6-12-8-15(19)14(12)7-13/h4-5,9,12-15H,6-8,10,19H2,1-3H3,(H,21,22)/t12-,13?,14-,15+/m0/s1. The number of nitrogens with one attached hydrogen (secondary N) is 1. The SMILES string of the molecule is Cc1ccc(C(C)(C)CNC(=O)C2C[C@H]3C[C@@H](N)[C@H]3C2)nc1. The Bertz CT molecular complexity index is 552. The average Bonchev–Trinajstić information content (AvgIpc) is 2.83. The lowest BCUT2D eigenvalue weighted by molar-refractivity contribution is -0.125. The third kappa shape index (κ3) is 2.89. The van der Waals surface area contributed by atoms with Crippen LogP contribution in [-0.4, -0.2) is 23.5 Å². The quantitative estimate of drug-likeness (QED) is 0.895. The van der Waals surface area contributed by atoms with Gasteiger partial charge >= 0.3 is 0 Å². The van der Waals surface area contributed by atoms with Gasteiger partial charge in [0.2, 0.25) is 5.91 Å². The van der Waals surface area contributed by atoms with Crippen molar-refractivity contribution in [2.24, 2.45) is 23.5 Å². The summed E-state index contributed by atoms with van der Waals surface area (Å²) in [7, 11) is 0. The number of fused-ring (bicyclic) bond motifs is 1. The number of hydrogen-bond donors (Lipinski definition) is 2. The molecular weight excluding hydrogens is 274 g/mol. The van der Waals surface area contributed by atoms with Crippen LogP contribution in [0.5, 0.6) is 0 Å². The highest BCUT2D eigenvalue weighted by atomic mass is 16.1. The maximum Gasteiger partial charge on any atom is 0.223 e. The van der Waals surface area contributed by atoms with E-state index in [1.807, 2.05) is 13.1 Å². The van der Waals surface area contributed by atoms with Crippen LogP contribution in [0.15, 0.2) is 18.3 Å². The van der Waals surface area contributed by atoms with Crippen LogP contribution in [0.25, 0.3) is 0 Å². The minimum Gasteiger partial charge on any atom is -0.355 e. The lowest BCUT2D eigenvalue weighted by Gasteiger charge is -2.37. The molecule has 0 aromatic carbocycles. The molecule has 0 spiro atoms. The Balaban J connectivity index is 1.55. The molecule has 1 aromatic heterocycles. The maximum atomic E-state index is 12.4. The summed E-state index contributed by atoms with van der Waals surface area (Å²) in [4.78, 5) is 16.9. The van der Waals surface area contributed by atoms with E-state index in [-0.39, 0.29) is 17.2 Å². The number of carbonyl (C=O) groups excluding carboxylic acids is 1. The molecule has 2 aliphatic rings. The van der Waals surface area contributed by atoms with Gasteiger partial charge in [-0.1, -0.05) is 19.9 Å². The third-order valence-electron chi connectivity index (χ3n) is 5.55. The monoisotopic (exact) mass is 301 g/mol. The Morgan fingerprint density at radius 1 is 1.36 bits per heavy atom.